The quantitative estimate of drug-likeness (QED) is 0.0737. The molecule has 2 amide bonds. The first-order valence-electron chi connectivity index (χ1n) is 13.3. The lowest BCUT2D eigenvalue weighted by atomic mass is 10.2. The van der Waals surface area contributed by atoms with E-state index in [4.69, 9.17) is 43.1 Å². The highest BCUT2D eigenvalue weighted by atomic mass is 35.5. The third-order valence-electron chi connectivity index (χ3n) is 6.08. The zero-order chi connectivity index (χ0) is 31.2. The molecule has 1 fully saturated rings. The summed E-state index contributed by atoms with van der Waals surface area (Å²) in [5.74, 6) is 0.936. The smallest absolute Gasteiger partial charge is 0.322 e. The highest BCUT2D eigenvalue weighted by Crippen LogP contribution is 2.44. The lowest BCUT2D eigenvalue weighted by Crippen LogP contribution is -2.35. The molecule has 1 aliphatic heterocycles. The maximum Gasteiger partial charge on any atom is 0.322 e. The summed E-state index contributed by atoms with van der Waals surface area (Å²) in [7, 11) is 2.92. The molecule has 0 aliphatic carbocycles. The van der Waals surface area contributed by atoms with Crippen molar-refractivity contribution in [3.63, 3.8) is 0 Å². The van der Waals surface area contributed by atoms with Crippen LogP contribution in [0.3, 0.4) is 0 Å². The number of methoxy groups -OCH3 is 2. The van der Waals surface area contributed by atoms with Gasteiger partial charge in [0.15, 0.2) is 5.82 Å². The fourth-order valence-corrected chi connectivity index (χ4v) is 4.41. The number of hydrogen-bond acceptors (Lipinski definition) is 7. The highest BCUT2D eigenvalue weighted by Gasteiger charge is 2.34. The predicted molar refractivity (Wildman–Crippen MR) is 174 cm³/mol. The summed E-state index contributed by atoms with van der Waals surface area (Å²) in [5.41, 5.74) is 7.35. The average Bonchev–Trinajstić information content (AvgIpc) is 3.78. The zero-order valence-corrected chi connectivity index (χ0v) is 25.8. The molecule has 0 aromatic heterocycles. The summed E-state index contributed by atoms with van der Waals surface area (Å²) in [6.07, 6.45) is 12.3. The Hall–Kier alpha value is -4.09. The van der Waals surface area contributed by atoms with Gasteiger partial charge in [0.05, 0.1) is 26.2 Å². The van der Waals surface area contributed by atoms with Crippen LogP contribution in [0.15, 0.2) is 95.2 Å². The third kappa shape index (κ3) is 10.3. The van der Waals surface area contributed by atoms with Crippen molar-refractivity contribution in [3.05, 3.63) is 101 Å². The normalized spacial score (nSPS) is 17.0. The summed E-state index contributed by atoms with van der Waals surface area (Å²) < 4.78 is 16.0. The van der Waals surface area contributed by atoms with Gasteiger partial charge >= 0.3 is 6.03 Å². The molecule has 4 N–H and O–H groups in total. The van der Waals surface area contributed by atoms with E-state index in [1.165, 1.54) is 14.2 Å². The van der Waals surface area contributed by atoms with Crippen molar-refractivity contribution in [2.75, 3.05) is 32.6 Å². The number of carbonyl (C=O) groups is 1. The van der Waals surface area contributed by atoms with Gasteiger partial charge in [-0.15, -0.1) is 6.58 Å². The van der Waals surface area contributed by atoms with Crippen LogP contribution in [0.1, 0.15) is 12.5 Å². The van der Waals surface area contributed by atoms with Gasteiger partial charge in [-0.2, -0.15) is 0 Å². The molecule has 12 heteroatoms. The number of hydrogen-bond donors (Lipinski definition) is 3. The highest BCUT2D eigenvalue weighted by molar-refractivity contribution is 6.41. The summed E-state index contributed by atoms with van der Waals surface area (Å²) in [6, 6.07) is 10.6. The fraction of sp³-hybridized carbons (Fsp3) is 0.258. The number of anilines is 1. The van der Waals surface area contributed by atoms with Crippen LogP contribution in [0.2, 0.25) is 10.0 Å². The number of halogens is 2. The van der Waals surface area contributed by atoms with Gasteiger partial charge in [0, 0.05) is 31.4 Å². The van der Waals surface area contributed by atoms with E-state index in [0.717, 1.165) is 11.9 Å². The summed E-state index contributed by atoms with van der Waals surface area (Å²) in [5, 5.41) is 6.32. The van der Waals surface area contributed by atoms with Crippen LogP contribution in [-0.4, -0.2) is 62.6 Å². The number of nitrogens with zero attached hydrogens (tertiary/aromatic N) is 3. The molecule has 0 spiro atoms. The van der Waals surface area contributed by atoms with Gasteiger partial charge in [-0.3, -0.25) is 5.32 Å². The number of carbonyl (C=O) groups excluding carboxylic acids is 1. The molecule has 2 atom stereocenters. The number of aliphatic imine (C=N–C) groups is 2. The molecule has 1 aliphatic rings. The average molecular weight is 628 g/mol. The maximum atomic E-state index is 13.6. The number of rotatable bonds is 15. The van der Waals surface area contributed by atoms with Gasteiger partial charge in [0.2, 0.25) is 0 Å². The number of epoxide rings is 1. The molecule has 43 heavy (non-hydrogen) atoms. The van der Waals surface area contributed by atoms with Crippen LogP contribution in [0.4, 0.5) is 10.5 Å². The lowest BCUT2D eigenvalue weighted by Gasteiger charge is -2.23. The Morgan fingerprint density at radius 3 is 2.47 bits per heavy atom. The van der Waals surface area contributed by atoms with Crippen molar-refractivity contribution < 1.29 is 19.0 Å². The standard InChI is InChI=1S/C31H36Cl2N6O4/c1-5-23-30(43-23)35-16-11-7-8-12-21(2)37-26(36-20-34)15-17-39(19-22-13-9-6-10-14-22)31(40)38-29-27(32)24(41-3)18-25(42-4)28(29)33/h5-15,18,20,23,30,35H,1,16-17,19H2,2-4H3,(H2,34,36)(H,38,40)/b11-7-,12-8-,26-15?,37-21?. The van der Waals surface area contributed by atoms with E-state index in [1.807, 2.05) is 61.6 Å². The van der Waals surface area contributed by atoms with Crippen LogP contribution in [0.5, 0.6) is 11.5 Å². The van der Waals surface area contributed by atoms with Gasteiger partial charge in [0.25, 0.3) is 0 Å². The van der Waals surface area contributed by atoms with Gasteiger partial charge in [0.1, 0.15) is 33.9 Å². The van der Waals surface area contributed by atoms with Crippen molar-refractivity contribution in [2.45, 2.75) is 25.8 Å². The topological polar surface area (TPSA) is 126 Å². The van der Waals surface area contributed by atoms with E-state index < -0.39 is 6.03 Å². The zero-order valence-electron chi connectivity index (χ0n) is 24.3. The second kappa shape index (κ2) is 17.1. The fourth-order valence-electron chi connectivity index (χ4n) is 3.81. The van der Waals surface area contributed by atoms with E-state index >= 15 is 0 Å². The Bertz CT molecular complexity index is 1380. The number of ether oxygens (including phenoxy) is 3. The molecule has 0 saturated carbocycles. The summed E-state index contributed by atoms with van der Waals surface area (Å²) in [6.45, 7) is 6.62. The molecule has 2 unspecified atom stereocenters. The molecular weight excluding hydrogens is 591 g/mol. The maximum absolute atomic E-state index is 13.6. The number of allylic oxidation sites excluding steroid dienone is 3. The van der Waals surface area contributed by atoms with Crippen LogP contribution < -0.4 is 25.8 Å². The lowest BCUT2D eigenvalue weighted by molar-refractivity contribution is 0.215. The number of nitrogens with two attached hydrogens (primary N) is 1. The van der Waals surface area contributed by atoms with Crippen LogP contribution in [0, 0.1) is 0 Å². The number of urea groups is 1. The van der Waals surface area contributed by atoms with Crippen LogP contribution >= 0.6 is 23.2 Å². The van der Waals surface area contributed by atoms with Crippen molar-refractivity contribution in [3.8, 4) is 11.5 Å². The molecule has 3 rings (SSSR count). The van der Waals surface area contributed by atoms with Crippen molar-refractivity contribution in [2.24, 2.45) is 15.7 Å². The SMILES string of the molecule is C=CC1OC1NC/C=C\C=C/C(C)=NC(=CCN(Cc1ccccc1)C(=O)Nc1c(Cl)c(OC)cc(OC)c1Cl)N=CN. The van der Waals surface area contributed by atoms with Gasteiger partial charge in [-0.1, -0.05) is 77.8 Å². The van der Waals surface area contributed by atoms with E-state index in [0.29, 0.717) is 29.6 Å². The van der Waals surface area contributed by atoms with Crippen LogP contribution in [0.25, 0.3) is 0 Å². The molecule has 2 aromatic carbocycles. The van der Waals surface area contributed by atoms with Gasteiger partial charge in [-0.05, 0) is 24.6 Å². The van der Waals surface area contributed by atoms with E-state index in [-0.39, 0.29) is 41.2 Å². The molecule has 10 nitrogen and oxygen atoms in total. The Balaban J connectivity index is 1.77. The Morgan fingerprint density at radius 2 is 1.86 bits per heavy atom. The number of amides is 2. The Kier molecular flexibility index (Phi) is 13.3. The van der Waals surface area contributed by atoms with Crippen molar-refractivity contribution >= 4 is 47.0 Å². The number of benzene rings is 2. The summed E-state index contributed by atoms with van der Waals surface area (Å²) in [4.78, 5) is 23.8. The Labute approximate surface area is 262 Å². The Morgan fingerprint density at radius 1 is 1.16 bits per heavy atom. The monoisotopic (exact) mass is 626 g/mol. The molecule has 228 valence electrons. The minimum Gasteiger partial charge on any atom is -0.495 e. The van der Waals surface area contributed by atoms with Crippen molar-refractivity contribution in [1.29, 1.82) is 0 Å². The van der Waals surface area contributed by atoms with E-state index in [1.54, 1.807) is 23.1 Å². The second-order valence-electron chi connectivity index (χ2n) is 9.13. The number of nitrogens with one attached hydrogen (secondary N) is 2. The minimum atomic E-state index is -0.467. The van der Waals surface area contributed by atoms with Crippen molar-refractivity contribution in [1.82, 2.24) is 10.2 Å². The molecule has 1 heterocycles. The molecule has 0 bridgehead atoms. The molecule has 0 radical (unpaired) electrons. The largest absolute Gasteiger partial charge is 0.495 e. The molecule has 2 aromatic rings. The first kappa shape index (κ1) is 33.4. The predicted octanol–water partition coefficient (Wildman–Crippen LogP) is 5.95. The molecule has 1 saturated heterocycles. The van der Waals surface area contributed by atoms with Gasteiger partial charge in [-0.25, -0.2) is 14.8 Å². The second-order valence-corrected chi connectivity index (χ2v) is 9.88. The third-order valence-corrected chi connectivity index (χ3v) is 6.83. The first-order valence-corrected chi connectivity index (χ1v) is 14.1. The minimum absolute atomic E-state index is 0.0344. The first-order chi connectivity index (χ1) is 20.8. The summed E-state index contributed by atoms with van der Waals surface area (Å²) >= 11 is 13.0. The molecular formula is C31H36Cl2N6O4. The van der Waals surface area contributed by atoms with E-state index in [2.05, 4.69) is 27.2 Å². The van der Waals surface area contributed by atoms with E-state index in [9.17, 15) is 4.79 Å². The van der Waals surface area contributed by atoms with Gasteiger partial charge < -0.3 is 30.2 Å². The van der Waals surface area contributed by atoms with Crippen LogP contribution in [-0.2, 0) is 11.3 Å².